The van der Waals surface area contributed by atoms with Crippen LogP contribution in [-0.4, -0.2) is 46.7 Å². The molecule has 0 radical (unpaired) electrons. The smallest absolute Gasteiger partial charge is 0.216 e. The molecule has 0 aliphatic heterocycles. The monoisotopic (exact) mass is 512 g/mol. The van der Waals surface area contributed by atoms with Crippen molar-refractivity contribution in [2.24, 2.45) is 4.99 Å². The number of hydrogen-bond donors (Lipinski definition) is 3. The largest absolute Gasteiger partial charge is 0.377 e. The quantitative estimate of drug-likeness (QED) is 0.268. The third kappa shape index (κ3) is 10.9. The Kier molecular flexibility index (Phi) is 11.4. The van der Waals surface area contributed by atoms with E-state index in [1.807, 2.05) is 38.1 Å². The van der Waals surface area contributed by atoms with Crippen molar-refractivity contribution in [3.63, 3.8) is 0 Å². The second-order valence-corrected chi connectivity index (χ2v) is 8.85. The number of hydrogen-bond acceptors (Lipinski definition) is 4. The van der Waals surface area contributed by atoms with Gasteiger partial charge >= 0.3 is 0 Å². The van der Waals surface area contributed by atoms with Crippen LogP contribution in [0.5, 0.6) is 0 Å². The van der Waals surface area contributed by atoms with Crippen LogP contribution in [0.1, 0.15) is 38.8 Å². The summed E-state index contributed by atoms with van der Waals surface area (Å²) in [5, 5.41) is 6.45. The van der Waals surface area contributed by atoms with Crippen LogP contribution in [0, 0.1) is 0 Å². The number of benzene rings is 1. The zero-order chi connectivity index (χ0) is 19.8. The van der Waals surface area contributed by atoms with Crippen LogP contribution in [0.3, 0.4) is 0 Å². The highest BCUT2D eigenvalue weighted by molar-refractivity contribution is 14.0. The third-order valence-corrected chi connectivity index (χ3v) is 5.26. The topological polar surface area (TPSA) is 91.8 Å². The van der Waals surface area contributed by atoms with E-state index in [0.717, 1.165) is 11.1 Å². The van der Waals surface area contributed by atoms with Crippen LogP contribution >= 0.6 is 24.0 Å². The molecule has 0 spiro atoms. The Bertz CT molecular complexity index is 689. The minimum absolute atomic E-state index is 0. The van der Waals surface area contributed by atoms with E-state index in [1.165, 1.54) is 0 Å². The van der Waals surface area contributed by atoms with Crippen LogP contribution in [0.15, 0.2) is 29.3 Å². The molecule has 0 aromatic heterocycles. The molecular formula is C18H33IN4O3S. The summed E-state index contributed by atoms with van der Waals surface area (Å²) in [6.45, 7) is 8.82. The molecule has 0 bridgehead atoms. The number of sulfonamides is 1. The zero-order valence-electron chi connectivity index (χ0n) is 17.0. The number of halogens is 1. The summed E-state index contributed by atoms with van der Waals surface area (Å²) in [7, 11) is 0.0831. The van der Waals surface area contributed by atoms with Crippen molar-refractivity contribution in [1.82, 2.24) is 15.4 Å². The van der Waals surface area contributed by atoms with Crippen LogP contribution in [-0.2, 0) is 27.1 Å². The predicted octanol–water partition coefficient (Wildman–Crippen LogP) is 2.22. The summed E-state index contributed by atoms with van der Waals surface area (Å²) in [6, 6.07) is 7.40. The van der Waals surface area contributed by atoms with Gasteiger partial charge in [-0.1, -0.05) is 24.3 Å². The minimum atomic E-state index is -3.31. The van der Waals surface area contributed by atoms with Crippen molar-refractivity contribution in [1.29, 1.82) is 0 Å². The first-order valence-electron chi connectivity index (χ1n) is 8.64. The summed E-state index contributed by atoms with van der Waals surface area (Å²) in [5.74, 6) is 0.664. The van der Waals surface area contributed by atoms with E-state index in [4.69, 9.17) is 4.74 Å². The predicted molar refractivity (Wildman–Crippen MR) is 122 cm³/mol. The maximum Gasteiger partial charge on any atom is 0.216 e. The average molecular weight is 512 g/mol. The highest BCUT2D eigenvalue weighted by Crippen LogP contribution is 2.09. The molecule has 27 heavy (non-hydrogen) atoms. The Balaban J connectivity index is 0.00000676. The van der Waals surface area contributed by atoms with E-state index in [9.17, 15) is 8.42 Å². The molecule has 0 aliphatic carbocycles. The summed E-state index contributed by atoms with van der Waals surface area (Å²) in [5.41, 5.74) is 1.51. The van der Waals surface area contributed by atoms with Crippen molar-refractivity contribution in [2.75, 3.05) is 20.7 Å². The molecule has 9 heteroatoms. The van der Waals surface area contributed by atoms with Gasteiger partial charge < -0.3 is 15.4 Å². The van der Waals surface area contributed by atoms with E-state index in [2.05, 4.69) is 20.3 Å². The lowest BCUT2D eigenvalue weighted by Gasteiger charge is -2.24. The molecule has 0 saturated carbocycles. The van der Waals surface area contributed by atoms with Crippen LogP contribution < -0.4 is 15.4 Å². The second kappa shape index (κ2) is 11.8. The van der Waals surface area contributed by atoms with E-state index in [0.29, 0.717) is 19.0 Å². The maximum atomic E-state index is 12.0. The number of guanidine groups is 1. The zero-order valence-corrected chi connectivity index (χ0v) is 20.1. The molecule has 7 nitrogen and oxygen atoms in total. The highest BCUT2D eigenvalue weighted by Gasteiger charge is 2.16. The Morgan fingerprint density at radius 3 is 2.19 bits per heavy atom. The molecular weight excluding hydrogens is 479 g/mol. The highest BCUT2D eigenvalue weighted by atomic mass is 127. The van der Waals surface area contributed by atoms with Crippen molar-refractivity contribution < 1.29 is 13.2 Å². The molecule has 0 unspecified atom stereocenters. The van der Waals surface area contributed by atoms with Gasteiger partial charge in [-0.25, -0.2) is 13.1 Å². The van der Waals surface area contributed by atoms with Gasteiger partial charge in [0.05, 0.1) is 11.4 Å². The van der Waals surface area contributed by atoms with Crippen LogP contribution in [0.2, 0.25) is 0 Å². The Morgan fingerprint density at radius 2 is 1.70 bits per heavy atom. The van der Waals surface area contributed by atoms with Crippen LogP contribution in [0.4, 0.5) is 0 Å². The standard InChI is InChI=1S/C18H32N4O3S.HI/c1-14(2)22-26(23,24)12-16-9-7-15(8-10-16)11-20-17(19-5)21-13-18(3,4)25-6;/h7-10,14,22H,11-13H2,1-6H3,(H2,19,20,21);1H. The molecule has 0 saturated heterocycles. The summed E-state index contributed by atoms with van der Waals surface area (Å²) in [6.07, 6.45) is 0. The Morgan fingerprint density at radius 1 is 1.15 bits per heavy atom. The van der Waals surface area contributed by atoms with Gasteiger partial charge in [0.25, 0.3) is 0 Å². The Hall–Kier alpha value is -0.910. The van der Waals surface area contributed by atoms with E-state index in [1.54, 1.807) is 28.0 Å². The van der Waals surface area contributed by atoms with Gasteiger partial charge in [0.2, 0.25) is 10.0 Å². The lowest BCUT2D eigenvalue weighted by molar-refractivity contribution is 0.0268. The average Bonchev–Trinajstić information content (AvgIpc) is 2.55. The number of aliphatic imine (C=N–C) groups is 1. The molecule has 1 rings (SSSR count). The molecule has 0 atom stereocenters. The molecule has 1 aromatic carbocycles. The fourth-order valence-electron chi connectivity index (χ4n) is 2.15. The summed E-state index contributed by atoms with van der Waals surface area (Å²) >= 11 is 0. The van der Waals surface area contributed by atoms with E-state index < -0.39 is 10.0 Å². The minimum Gasteiger partial charge on any atom is -0.377 e. The van der Waals surface area contributed by atoms with E-state index >= 15 is 0 Å². The first-order chi connectivity index (χ1) is 12.1. The molecule has 156 valence electrons. The molecule has 0 amide bonds. The van der Waals surface area contributed by atoms with Gasteiger partial charge in [-0.3, -0.25) is 4.99 Å². The van der Waals surface area contributed by atoms with Gasteiger partial charge in [-0.05, 0) is 38.8 Å². The lowest BCUT2D eigenvalue weighted by Crippen LogP contribution is -2.45. The summed E-state index contributed by atoms with van der Waals surface area (Å²) < 4.78 is 31.9. The summed E-state index contributed by atoms with van der Waals surface area (Å²) in [4.78, 5) is 4.19. The first kappa shape index (κ1) is 26.1. The number of rotatable bonds is 9. The molecule has 1 aromatic rings. The molecule has 3 N–H and O–H groups in total. The fourth-order valence-corrected chi connectivity index (χ4v) is 3.58. The second-order valence-electron chi connectivity index (χ2n) is 7.09. The van der Waals surface area contributed by atoms with Crippen molar-refractivity contribution >= 4 is 40.0 Å². The first-order valence-corrected chi connectivity index (χ1v) is 10.3. The number of methoxy groups -OCH3 is 1. The fraction of sp³-hybridized carbons (Fsp3) is 0.611. The molecule has 0 heterocycles. The van der Waals surface area contributed by atoms with Crippen LogP contribution in [0.25, 0.3) is 0 Å². The van der Waals surface area contributed by atoms with Crippen molar-refractivity contribution in [3.05, 3.63) is 35.4 Å². The maximum absolute atomic E-state index is 12.0. The molecule has 0 aliphatic rings. The SMILES string of the molecule is CN=C(NCc1ccc(CS(=O)(=O)NC(C)C)cc1)NCC(C)(C)OC.I. The lowest BCUT2D eigenvalue weighted by atomic mass is 10.1. The Labute approximate surface area is 180 Å². The molecule has 0 fully saturated rings. The van der Waals surface area contributed by atoms with Gasteiger partial charge in [-0.2, -0.15) is 0 Å². The third-order valence-electron chi connectivity index (χ3n) is 3.71. The van der Waals surface area contributed by atoms with E-state index in [-0.39, 0.29) is 41.4 Å². The van der Waals surface area contributed by atoms with Crippen molar-refractivity contribution in [2.45, 2.75) is 51.6 Å². The normalized spacial score (nSPS) is 12.6. The number of nitrogens with one attached hydrogen (secondary N) is 3. The van der Waals surface area contributed by atoms with Gasteiger partial charge in [0, 0.05) is 33.3 Å². The number of nitrogens with zero attached hydrogens (tertiary/aromatic N) is 1. The van der Waals surface area contributed by atoms with Gasteiger partial charge in [0.15, 0.2) is 5.96 Å². The van der Waals surface area contributed by atoms with Crippen molar-refractivity contribution in [3.8, 4) is 0 Å². The van der Waals surface area contributed by atoms with Gasteiger partial charge in [-0.15, -0.1) is 24.0 Å². The van der Waals surface area contributed by atoms with Gasteiger partial charge in [0.1, 0.15) is 0 Å². The number of ether oxygens (including phenoxy) is 1.